The number of fused-ring (bicyclic) bond motifs is 1. The molecule has 1 aliphatic heterocycles. The lowest BCUT2D eigenvalue weighted by Gasteiger charge is -2.13. The van der Waals surface area contributed by atoms with Crippen molar-refractivity contribution >= 4 is 33.2 Å². The Morgan fingerprint density at radius 2 is 2.16 bits per heavy atom. The molecule has 0 aromatic heterocycles. The van der Waals surface area contributed by atoms with Crippen LogP contribution in [-0.2, 0) is 4.79 Å². The van der Waals surface area contributed by atoms with E-state index in [-0.39, 0.29) is 12.5 Å². The third-order valence-corrected chi connectivity index (χ3v) is 3.65. The van der Waals surface area contributed by atoms with Gasteiger partial charge in [-0.25, -0.2) is 0 Å². The summed E-state index contributed by atoms with van der Waals surface area (Å²) in [5.74, 6) is -0.0704. The third-order valence-electron chi connectivity index (χ3n) is 3.16. The van der Waals surface area contributed by atoms with Crippen molar-refractivity contribution in [1.82, 2.24) is 0 Å². The molecule has 0 spiro atoms. The molecule has 0 fully saturated rings. The fourth-order valence-corrected chi connectivity index (χ4v) is 2.64. The number of carbonyl (C=O) groups excluding carboxylic acids is 1. The highest BCUT2D eigenvalue weighted by Gasteiger charge is 2.19. The van der Waals surface area contributed by atoms with Crippen LogP contribution in [0.1, 0.15) is 18.4 Å². The van der Waals surface area contributed by atoms with Crippen LogP contribution in [0, 0.1) is 0 Å². The predicted molar refractivity (Wildman–Crippen MR) is 80.6 cm³/mol. The molecule has 1 amide bonds. The van der Waals surface area contributed by atoms with Gasteiger partial charge in [0.05, 0.1) is 11.4 Å². The van der Waals surface area contributed by atoms with Crippen molar-refractivity contribution in [3.63, 3.8) is 0 Å². The van der Waals surface area contributed by atoms with E-state index in [1.807, 2.05) is 18.2 Å². The number of aliphatic imine (C=N–C) groups is 1. The van der Waals surface area contributed by atoms with Crippen LogP contribution in [0.2, 0.25) is 0 Å². The van der Waals surface area contributed by atoms with Crippen LogP contribution in [0.3, 0.4) is 0 Å². The minimum atomic E-state index is -0.0704. The number of allylic oxidation sites excluding steroid dienone is 4. The van der Waals surface area contributed by atoms with Crippen molar-refractivity contribution in [2.24, 2.45) is 4.99 Å². The Hall–Kier alpha value is -1.68. The SMILES string of the molecule is O=C1CN=C(C2=CCCC=C2)c2cc(Br)ccc2N1. The van der Waals surface area contributed by atoms with Crippen LogP contribution in [0.15, 0.2) is 51.5 Å². The molecule has 1 aromatic rings. The molecule has 0 unspecified atom stereocenters. The van der Waals surface area contributed by atoms with Crippen molar-refractivity contribution in [3.8, 4) is 0 Å². The molecule has 3 nitrogen and oxygen atoms in total. The molecule has 1 aliphatic carbocycles. The first-order chi connectivity index (χ1) is 9.24. The van der Waals surface area contributed by atoms with E-state index < -0.39 is 0 Å². The van der Waals surface area contributed by atoms with Crippen LogP contribution in [-0.4, -0.2) is 18.2 Å². The van der Waals surface area contributed by atoms with Crippen molar-refractivity contribution in [2.45, 2.75) is 12.8 Å². The zero-order chi connectivity index (χ0) is 13.2. The second-order valence-electron chi connectivity index (χ2n) is 4.54. The van der Waals surface area contributed by atoms with E-state index in [1.54, 1.807) is 0 Å². The van der Waals surface area contributed by atoms with Gasteiger partial charge in [-0.1, -0.05) is 34.2 Å². The summed E-state index contributed by atoms with van der Waals surface area (Å²) >= 11 is 3.48. The van der Waals surface area contributed by atoms with Crippen LogP contribution in [0.4, 0.5) is 5.69 Å². The highest BCUT2D eigenvalue weighted by Crippen LogP contribution is 2.27. The van der Waals surface area contributed by atoms with Gasteiger partial charge in [0, 0.05) is 10.0 Å². The molecule has 1 aromatic carbocycles. The third kappa shape index (κ3) is 2.54. The quantitative estimate of drug-likeness (QED) is 0.847. The molecule has 3 rings (SSSR count). The molecule has 0 saturated carbocycles. The summed E-state index contributed by atoms with van der Waals surface area (Å²) in [6.45, 7) is 0.173. The number of nitrogens with one attached hydrogen (secondary N) is 1. The highest BCUT2D eigenvalue weighted by atomic mass is 79.9. The second-order valence-corrected chi connectivity index (χ2v) is 5.46. The maximum Gasteiger partial charge on any atom is 0.246 e. The molecule has 1 N–H and O–H groups in total. The second kappa shape index (κ2) is 5.13. The molecule has 0 saturated heterocycles. The first kappa shape index (κ1) is 12.4. The standard InChI is InChI=1S/C15H13BrN2O/c16-11-6-7-13-12(8-11)15(17-9-14(19)18-13)10-4-2-1-3-5-10/h2,4-8H,1,3,9H2,(H,18,19). The molecular weight excluding hydrogens is 304 g/mol. The number of hydrogen-bond acceptors (Lipinski definition) is 2. The van der Waals surface area contributed by atoms with Crippen LogP contribution >= 0.6 is 15.9 Å². The van der Waals surface area contributed by atoms with E-state index in [0.29, 0.717) is 0 Å². The Morgan fingerprint density at radius 1 is 1.26 bits per heavy atom. The Balaban J connectivity index is 2.13. The van der Waals surface area contributed by atoms with E-state index in [1.165, 1.54) is 0 Å². The van der Waals surface area contributed by atoms with E-state index in [2.05, 4.69) is 44.5 Å². The molecule has 1 heterocycles. The largest absolute Gasteiger partial charge is 0.324 e. The summed E-state index contributed by atoms with van der Waals surface area (Å²) < 4.78 is 0.982. The first-order valence-corrected chi connectivity index (χ1v) is 7.04. The Labute approximate surface area is 120 Å². The van der Waals surface area contributed by atoms with Gasteiger partial charge in [0.25, 0.3) is 0 Å². The van der Waals surface area contributed by atoms with Gasteiger partial charge in [0.2, 0.25) is 5.91 Å². The zero-order valence-electron chi connectivity index (χ0n) is 10.3. The van der Waals surface area contributed by atoms with Gasteiger partial charge in [-0.15, -0.1) is 0 Å². The average molecular weight is 317 g/mol. The number of amides is 1. The van der Waals surface area contributed by atoms with E-state index in [9.17, 15) is 4.79 Å². The molecule has 0 radical (unpaired) electrons. The number of halogens is 1. The summed E-state index contributed by atoms with van der Waals surface area (Å²) in [7, 11) is 0. The molecule has 0 atom stereocenters. The predicted octanol–water partition coefficient (Wildman–Crippen LogP) is 3.47. The van der Waals surface area contributed by atoms with Gasteiger partial charge < -0.3 is 5.32 Å². The molecular formula is C15H13BrN2O. The molecule has 2 aliphatic rings. The van der Waals surface area contributed by atoms with Crippen LogP contribution in [0.25, 0.3) is 0 Å². The smallest absolute Gasteiger partial charge is 0.246 e. The van der Waals surface area contributed by atoms with Crippen molar-refractivity contribution in [1.29, 1.82) is 0 Å². The van der Waals surface area contributed by atoms with Crippen molar-refractivity contribution in [3.05, 3.63) is 52.0 Å². The Bertz CT molecular complexity index is 629. The van der Waals surface area contributed by atoms with Gasteiger partial charge in [0.1, 0.15) is 6.54 Å². The van der Waals surface area contributed by atoms with Gasteiger partial charge in [-0.2, -0.15) is 0 Å². The number of anilines is 1. The molecule has 19 heavy (non-hydrogen) atoms. The van der Waals surface area contributed by atoms with Gasteiger partial charge in [0.15, 0.2) is 0 Å². The maximum atomic E-state index is 11.7. The highest BCUT2D eigenvalue weighted by molar-refractivity contribution is 9.10. The van der Waals surface area contributed by atoms with Crippen molar-refractivity contribution in [2.75, 3.05) is 11.9 Å². The Morgan fingerprint density at radius 3 is 2.95 bits per heavy atom. The minimum absolute atomic E-state index is 0.0704. The number of rotatable bonds is 1. The summed E-state index contributed by atoms with van der Waals surface area (Å²) in [6.07, 6.45) is 8.51. The van der Waals surface area contributed by atoms with Gasteiger partial charge in [-0.05, 0) is 36.6 Å². The maximum absolute atomic E-state index is 11.7. The number of hydrogen-bond donors (Lipinski definition) is 1. The fraction of sp³-hybridized carbons (Fsp3) is 0.200. The Kier molecular flexibility index (Phi) is 3.34. The lowest BCUT2D eigenvalue weighted by Crippen LogP contribution is -2.13. The monoisotopic (exact) mass is 316 g/mol. The van der Waals surface area contributed by atoms with Gasteiger partial charge >= 0.3 is 0 Å². The lowest BCUT2D eigenvalue weighted by atomic mass is 9.96. The normalized spacial score (nSPS) is 18.1. The van der Waals surface area contributed by atoms with E-state index >= 15 is 0 Å². The fourth-order valence-electron chi connectivity index (χ4n) is 2.28. The lowest BCUT2D eigenvalue weighted by molar-refractivity contribution is -0.114. The van der Waals surface area contributed by atoms with E-state index in [0.717, 1.165) is 39.8 Å². The average Bonchev–Trinajstić information content (AvgIpc) is 2.58. The summed E-state index contributed by atoms with van der Waals surface area (Å²) in [6, 6.07) is 5.83. The number of benzene rings is 1. The van der Waals surface area contributed by atoms with E-state index in [4.69, 9.17) is 0 Å². The number of carbonyl (C=O) groups is 1. The topological polar surface area (TPSA) is 41.5 Å². The summed E-state index contributed by atoms with van der Waals surface area (Å²) in [4.78, 5) is 16.2. The minimum Gasteiger partial charge on any atom is -0.324 e. The van der Waals surface area contributed by atoms with Gasteiger partial charge in [-0.3, -0.25) is 9.79 Å². The molecule has 96 valence electrons. The molecule has 4 heteroatoms. The van der Waals surface area contributed by atoms with Crippen LogP contribution in [0.5, 0.6) is 0 Å². The number of benzodiazepines with no additional fused rings is 1. The molecule has 0 bridgehead atoms. The number of nitrogens with zero attached hydrogens (tertiary/aromatic N) is 1. The summed E-state index contributed by atoms with van der Waals surface area (Å²) in [5.41, 5.74) is 3.79. The zero-order valence-corrected chi connectivity index (χ0v) is 11.9. The first-order valence-electron chi connectivity index (χ1n) is 6.25. The van der Waals surface area contributed by atoms with Crippen molar-refractivity contribution < 1.29 is 4.79 Å². The summed E-state index contributed by atoms with van der Waals surface area (Å²) in [5, 5.41) is 2.89. The van der Waals surface area contributed by atoms with Crippen LogP contribution < -0.4 is 5.32 Å².